The molecule has 0 aromatic carbocycles. The van der Waals surface area contributed by atoms with E-state index in [9.17, 15) is 4.79 Å². The highest BCUT2D eigenvalue weighted by molar-refractivity contribution is 5.77. The van der Waals surface area contributed by atoms with Crippen LogP contribution in [0.25, 0.3) is 0 Å². The summed E-state index contributed by atoms with van der Waals surface area (Å²) >= 11 is 0. The van der Waals surface area contributed by atoms with Gasteiger partial charge in [0.15, 0.2) is 0 Å². The molecule has 11 heavy (non-hydrogen) atoms. The van der Waals surface area contributed by atoms with Crippen molar-refractivity contribution in [2.75, 3.05) is 0 Å². The topological polar surface area (TPSA) is 29.1 Å². The molecule has 0 spiro atoms. The van der Waals surface area contributed by atoms with Crippen LogP contribution in [-0.2, 0) is 4.79 Å². The van der Waals surface area contributed by atoms with E-state index in [1.54, 1.807) is 0 Å². The first-order chi connectivity index (χ1) is 5.36. The molecule has 57 valence electrons. The van der Waals surface area contributed by atoms with E-state index >= 15 is 0 Å². The van der Waals surface area contributed by atoms with Crippen LogP contribution >= 0.6 is 0 Å². The molecule has 2 nitrogen and oxygen atoms in total. The third kappa shape index (κ3) is 1.20. The van der Waals surface area contributed by atoms with Crippen molar-refractivity contribution >= 4 is 5.91 Å². The number of rotatable bonds is 0. The monoisotopic (exact) mass is 148 g/mol. The maximum absolute atomic E-state index is 10.9. The Morgan fingerprint density at radius 2 is 2.55 bits per heavy atom. The lowest BCUT2D eigenvalue weighted by atomic mass is 9.87. The Hall–Kier alpha value is -1.05. The lowest BCUT2D eigenvalue weighted by molar-refractivity contribution is -0.123. The van der Waals surface area contributed by atoms with Gasteiger partial charge in [0.25, 0.3) is 0 Å². The van der Waals surface area contributed by atoms with E-state index in [0.717, 1.165) is 6.42 Å². The van der Waals surface area contributed by atoms with Gasteiger partial charge in [0.1, 0.15) is 0 Å². The Morgan fingerprint density at radius 3 is 3.45 bits per heavy atom. The summed E-state index contributed by atoms with van der Waals surface area (Å²) in [5, 5.41) is 2.92. The van der Waals surface area contributed by atoms with Crippen LogP contribution in [-0.4, -0.2) is 11.9 Å². The van der Waals surface area contributed by atoms with E-state index in [1.807, 2.05) is 18.2 Å². The van der Waals surface area contributed by atoms with Gasteiger partial charge in [0.2, 0.25) is 5.91 Å². The molecular weight excluding hydrogens is 138 g/mol. The van der Waals surface area contributed by atoms with E-state index in [0.29, 0.717) is 12.3 Å². The third-order valence-corrected chi connectivity index (χ3v) is 2.20. The minimum Gasteiger partial charge on any atom is -0.349 e. The summed E-state index contributed by atoms with van der Waals surface area (Å²) in [5.74, 6) is 0.656. The van der Waals surface area contributed by atoms with E-state index in [2.05, 4.69) is 11.4 Å². The molecule has 1 N–H and O–H groups in total. The molecule has 2 rings (SSSR count). The summed E-state index contributed by atoms with van der Waals surface area (Å²) in [6.07, 6.45) is 10.6. The van der Waals surface area contributed by atoms with Crippen molar-refractivity contribution in [3.63, 3.8) is 0 Å². The van der Waals surface area contributed by atoms with Crippen molar-refractivity contribution in [1.29, 1.82) is 0 Å². The van der Waals surface area contributed by atoms with Crippen molar-refractivity contribution in [3.8, 4) is 0 Å². The predicted molar refractivity (Wildman–Crippen MR) is 41.6 cm³/mol. The largest absolute Gasteiger partial charge is 0.349 e. The van der Waals surface area contributed by atoms with E-state index in [1.165, 1.54) is 0 Å². The Bertz CT molecular complexity index is 230. The van der Waals surface area contributed by atoms with Crippen molar-refractivity contribution < 1.29 is 4.79 Å². The Labute approximate surface area is 66.0 Å². The van der Waals surface area contributed by atoms with E-state index < -0.39 is 0 Å². The van der Waals surface area contributed by atoms with Crippen LogP contribution in [0.1, 0.15) is 12.8 Å². The first kappa shape index (κ1) is 6.65. The number of nitrogens with one attached hydrogen (secondary N) is 1. The molecule has 1 heterocycles. The van der Waals surface area contributed by atoms with E-state index in [-0.39, 0.29) is 11.9 Å². The maximum Gasteiger partial charge on any atom is 0.220 e. The SMILES string of the molecule is O=C1CCC2C=[C]C=CC2N1. The second-order valence-electron chi connectivity index (χ2n) is 2.99. The molecule has 0 aromatic rings. The molecule has 0 bridgehead atoms. The van der Waals surface area contributed by atoms with Crippen molar-refractivity contribution in [1.82, 2.24) is 5.32 Å². The quantitative estimate of drug-likeness (QED) is 0.541. The molecule has 1 aliphatic carbocycles. The van der Waals surface area contributed by atoms with Crippen LogP contribution in [0.5, 0.6) is 0 Å². The lowest BCUT2D eigenvalue weighted by Gasteiger charge is -2.29. The Kier molecular flexibility index (Phi) is 1.53. The van der Waals surface area contributed by atoms with Crippen LogP contribution in [0.15, 0.2) is 18.2 Å². The van der Waals surface area contributed by atoms with Crippen LogP contribution in [0, 0.1) is 12.0 Å². The second-order valence-corrected chi connectivity index (χ2v) is 2.99. The van der Waals surface area contributed by atoms with Gasteiger partial charge in [-0.15, -0.1) is 0 Å². The molecule has 0 saturated carbocycles. The fourth-order valence-corrected chi connectivity index (χ4v) is 1.56. The molecule has 1 radical (unpaired) electrons. The number of amides is 1. The molecule has 1 saturated heterocycles. The molecule has 1 amide bonds. The van der Waals surface area contributed by atoms with Gasteiger partial charge in [-0.3, -0.25) is 4.79 Å². The fraction of sp³-hybridized carbons (Fsp3) is 0.444. The number of fused-ring (bicyclic) bond motifs is 1. The molecule has 1 fully saturated rings. The van der Waals surface area contributed by atoms with Gasteiger partial charge in [-0.2, -0.15) is 0 Å². The molecule has 2 aliphatic rings. The summed E-state index contributed by atoms with van der Waals surface area (Å²) in [6, 6.07) is 0.234. The standard InChI is InChI=1S/C9H10NO/c11-9-6-5-7-3-1-2-4-8(7)10-9/h2-4,7-8H,5-6H2,(H,10,11). The highest BCUT2D eigenvalue weighted by Gasteiger charge is 2.25. The maximum atomic E-state index is 10.9. The highest BCUT2D eigenvalue weighted by atomic mass is 16.1. The number of carbonyl (C=O) groups is 1. The number of hydrogen-bond acceptors (Lipinski definition) is 1. The second kappa shape index (κ2) is 2.53. The van der Waals surface area contributed by atoms with Gasteiger partial charge in [-0.25, -0.2) is 0 Å². The van der Waals surface area contributed by atoms with Crippen molar-refractivity contribution in [2.24, 2.45) is 5.92 Å². The Balaban J connectivity index is 2.12. The van der Waals surface area contributed by atoms with Gasteiger partial charge < -0.3 is 5.32 Å². The molecule has 0 aromatic heterocycles. The van der Waals surface area contributed by atoms with Gasteiger partial charge in [0.05, 0.1) is 6.04 Å². The van der Waals surface area contributed by atoms with E-state index in [4.69, 9.17) is 0 Å². The molecule has 2 heteroatoms. The smallest absolute Gasteiger partial charge is 0.220 e. The fourth-order valence-electron chi connectivity index (χ4n) is 1.56. The Morgan fingerprint density at radius 1 is 1.64 bits per heavy atom. The number of allylic oxidation sites excluding steroid dienone is 2. The summed E-state index contributed by atoms with van der Waals surface area (Å²) in [5.41, 5.74) is 0. The van der Waals surface area contributed by atoms with Crippen molar-refractivity contribution in [3.05, 3.63) is 24.3 Å². The molecule has 1 aliphatic heterocycles. The zero-order chi connectivity index (χ0) is 7.68. The van der Waals surface area contributed by atoms with Crippen LogP contribution in [0.3, 0.4) is 0 Å². The summed E-state index contributed by atoms with van der Waals surface area (Å²) in [7, 11) is 0. The summed E-state index contributed by atoms with van der Waals surface area (Å²) in [4.78, 5) is 10.9. The van der Waals surface area contributed by atoms with Gasteiger partial charge in [-0.1, -0.05) is 18.2 Å². The first-order valence-electron chi connectivity index (χ1n) is 3.92. The average molecular weight is 148 g/mol. The lowest BCUT2D eigenvalue weighted by Crippen LogP contribution is -2.43. The van der Waals surface area contributed by atoms with Crippen LogP contribution in [0.4, 0.5) is 0 Å². The zero-order valence-electron chi connectivity index (χ0n) is 6.21. The predicted octanol–water partition coefficient (Wildman–Crippen LogP) is 0.810. The number of piperidine rings is 1. The molecule has 2 atom stereocenters. The normalized spacial score (nSPS) is 34.7. The zero-order valence-corrected chi connectivity index (χ0v) is 6.21. The summed E-state index contributed by atoms with van der Waals surface area (Å²) < 4.78 is 0. The molecular formula is C9H10NO. The summed E-state index contributed by atoms with van der Waals surface area (Å²) in [6.45, 7) is 0. The number of carbonyl (C=O) groups excluding carboxylic acids is 1. The third-order valence-electron chi connectivity index (χ3n) is 2.20. The van der Waals surface area contributed by atoms with Crippen molar-refractivity contribution in [2.45, 2.75) is 18.9 Å². The number of hydrogen-bond donors (Lipinski definition) is 1. The minimum atomic E-state index is 0.172. The van der Waals surface area contributed by atoms with Gasteiger partial charge in [-0.05, 0) is 12.5 Å². The minimum absolute atomic E-state index is 0.172. The highest BCUT2D eigenvalue weighted by Crippen LogP contribution is 2.21. The van der Waals surface area contributed by atoms with Crippen LogP contribution in [0.2, 0.25) is 0 Å². The molecule has 2 unspecified atom stereocenters. The first-order valence-corrected chi connectivity index (χ1v) is 3.92. The van der Waals surface area contributed by atoms with Gasteiger partial charge >= 0.3 is 0 Å². The van der Waals surface area contributed by atoms with Gasteiger partial charge in [0, 0.05) is 12.3 Å². The average Bonchev–Trinajstić information content (AvgIpc) is 2.04. The van der Waals surface area contributed by atoms with Crippen LogP contribution < -0.4 is 5.32 Å².